The minimum absolute atomic E-state index is 0.497. The van der Waals surface area contributed by atoms with E-state index in [4.69, 9.17) is 10.00 Å². The first kappa shape index (κ1) is 9.04. The lowest BCUT2D eigenvalue weighted by molar-refractivity contribution is 0.320. The van der Waals surface area contributed by atoms with Crippen LogP contribution in [-0.4, -0.2) is 18.6 Å². The molecule has 0 aliphatic carbocycles. The van der Waals surface area contributed by atoms with Gasteiger partial charge in [0.15, 0.2) is 0 Å². The number of benzene rings is 1. The van der Waals surface area contributed by atoms with Gasteiger partial charge in [-0.25, -0.2) is 0 Å². The Labute approximate surface area is 83.5 Å². The molecule has 0 radical (unpaired) electrons. The molecule has 1 aliphatic heterocycles. The molecule has 1 aromatic rings. The molecule has 0 bridgehead atoms. The highest BCUT2D eigenvalue weighted by atomic mass is 16.5. The third-order valence-electron chi connectivity index (χ3n) is 2.50. The zero-order chi connectivity index (χ0) is 9.97. The average molecular weight is 188 g/mol. The number of ether oxygens (including phenoxy) is 1. The maximum Gasteiger partial charge on any atom is 0.119 e. The summed E-state index contributed by atoms with van der Waals surface area (Å²) in [5.41, 5.74) is 2.58. The molecule has 0 amide bonds. The van der Waals surface area contributed by atoms with Crippen molar-refractivity contribution in [1.29, 1.82) is 5.26 Å². The lowest BCUT2D eigenvalue weighted by atomic mass is 10.1. The molecular weight excluding hydrogens is 176 g/mol. The van der Waals surface area contributed by atoms with E-state index in [9.17, 15) is 0 Å². The second-order valence-corrected chi connectivity index (χ2v) is 3.44. The summed E-state index contributed by atoms with van der Waals surface area (Å²) in [6.45, 7) is 2.24. The summed E-state index contributed by atoms with van der Waals surface area (Å²) in [7, 11) is 1.67. The van der Waals surface area contributed by atoms with E-state index < -0.39 is 0 Å². The van der Waals surface area contributed by atoms with Crippen molar-refractivity contribution in [2.75, 3.05) is 13.7 Å². The Morgan fingerprint density at radius 1 is 1.43 bits per heavy atom. The summed E-state index contributed by atoms with van der Waals surface area (Å²) < 4.78 is 5.15. The summed E-state index contributed by atoms with van der Waals surface area (Å²) in [5, 5.41) is 8.59. The molecule has 2 rings (SSSR count). The van der Waals surface area contributed by atoms with Gasteiger partial charge in [0.05, 0.1) is 19.7 Å². The van der Waals surface area contributed by atoms with Crippen molar-refractivity contribution in [1.82, 2.24) is 4.90 Å². The molecule has 14 heavy (non-hydrogen) atoms. The number of rotatable bonds is 2. The molecule has 0 aromatic heterocycles. The smallest absolute Gasteiger partial charge is 0.119 e. The van der Waals surface area contributed by atoms with Gasteiger partial charge < -0.3 is 4.74 Å². The quantitative estimate of drug-likeness (QED) is 0.660. The standard InChI is InChI=1S/C11H12N2O/c1-14-11-3-2-9-7-13(5-4-12)8-10(9)6-11/h2-3,6H,5,7-8H2,1H3. The van der Waals surface area contributed by atoms with Crippen molar-refractivity contribution in [3.63, 3.8) is 0 Å². The second-order valence-electron chi connectivity index (χ2n) is 3.44. The molecule has 0 unspecified atom stereocenters. The first-order chi connectivity index (χ1) is 6.83. The number of hydrogen-bond acceptors (Lipinski definition) is 3. The Morgan fingerprint density at radius 2 is 2.21 bits per heavy atom. The third kappa shape index (κ3) is 1.57. The fraction of sp³-hybridized carbons (Fsp3) is 0.364. The van der Waals surface area contributed by atoms with Crippen molar-refractivity contribution in [3.8, 4) is 11.8 Å². The molecule has 0 atom stereocenters. The summed E-state index contributed by atoms with van der Waals surface area (Å²) in [6.07, 6.45) is 0. The van der Waals surface area contributed by atoms with Gasteiger partial charge in [0.25, 0.3) is 0 Å². The first-order valence-corrected chi connectivity index (χ1v) is 4.58. The van der Waals surface area contributed by atoms with Crippen molar-refractivity contribution in [2.45, 2.75) is 13.1 Å². The predicted molar refractivity (Wildman–Crippen MR) is 52.7 cm³/mol. The van der Waals surface area contributed by atoms with E-state index in [1.807, 2.05) is 12.1 Å². The molecule has 0 spiro atoms. The van der Waals surface area contributed by atoms with Gasteiger partial charge in [-0.1, -0.05) is 6.07 Å². The zero-order valence-corrected chi connectivity index (χ0v) is 8.16. The predicted octanol–water partition coefficient (Wildman–Crippen LogP) is 1.53. The van der Waals surface area contributed by atoms with Gasteiger partial charge in [-0.05, 0) is 23.3 Å². The Morgan fingerprint density at radius 3 is 2.93 bits per heavy atom. The Kier molecular flexibility index (Phi) is 2.38. The molecule has 0 saturated carbocycles. The monoisotopic (exact) mass is 188 g/mol. The third-order valence-corrected chi connectivity index (χ3v) is 2.50. The molecule has 3 nitrogen and oxygen atoms in total. The van der Waals surface area contributed by atoms with Crippen LogP contribution in [0.1, 0.15) is 11.1 Å². The van der Waals surface area contributed by atoms with Gasteiger partial charge in [0.2, 0.25) is 0 Å². The highest BCUT2D eigenvalue weighted by Gasteiger charge is 2.18. The van der Waals surface area contributed by atoms with Gasteiger partial charge in [0, 0.05) is 13.1 Å². The Balaban J connectivity index is 2.19. The minimum atomic E-state index is 0.497. The molecular formula is C11H12N2O. The second kappa shape index (κ2) is 3.69. The first-order valence-electron chi connectivity index (χ1n) is 4.58. The summed E-state index contributed by atoms with van der Waals surface area (Å²) >= 11 is 0. The maximum absolute atomic E-state index is 8.59. The van der Waals surface area contributed by atoms with E-state index in [-0.39, 0.29) is 0 Å². The average Bonchev–Trinajstić information content (AvgIpc) is 2.59. The Hall–Kier alpha value is -1.53. The van der Waals surface area contributed by atoms with Crippen LogP contribution < -0.4 is 4.74 Å². The maximum atomic E-state index is 8.59. The van der Waals surface area contributed by atoms with Gasteiger partial charge in [0.1, 0.15) is 5.75 Å². The summed E-state index contributed by atoms with van der Waals surface area (Å²) in [6, 6.07) is 8.26. The molecule has 0 N–H and O–H groups in total. The molecule has 0 saturated heterocycles. The number of nitriles is 1. The van der Waals surface area contributed by atoms with Crippen LogP contribution in [0.25, 0.3) is 0 Å². The van der Waals surface area contributed by atoms with Crippen LogP contribution in [0.4, 0.5) is 0 Å². The zero-order valence-electron chi connectivity index (χ0n) is 8.16. The van der Waals surface area contributed by atoms with Gasteiger partial charge in [-0.2, -0.15) is 5.26 Å². The highest BCUT2D eigenvalue weighted by molar-refractivity contribution is 5.37. The van der Waals surface area contributed by atoms with E-state index >= 15 is 0 Å². The topological polar surface area (TPSA) is 36.3 Å². The lowest BCUT2D eigenvalue weighted by Crippen LogP contribution is -2.15. The van der Waals surface area contributed by atoms with E-state index in [0.717, 1.165) is 18.8 Å². The summed E-state index contributed by atoms with van der Waals surface area (Å²) in [5.74, 6) is 0.891. The number of hydrogen-bond donors (Lipinski definition) is 0. The van der Waals surface area contributed by atoms with E-state index in [2.05, 4.69) is 17.0 Å². The van der Waals surface area contributed by atoms with E-state index in [0.29, 0.717) is 6.54 Å². The number of fused-ring (bicyclic) bond motifs is 1. The molecule has 1 aromatic carbocycles. The lowest BCUT2D eigenvalue weighted by Gasteiger charge is -2.07. The summed E-state index contributed by atoms with van der Waals surface area (Å²) in [4.78, 5) is 2.12. The van der Waals surface area contributed by atoms with E-state index in [1.165, 1.54) is 11.1 Å². The molecule has 72 valence electrons. The number of nitrogens with zero attached hydrogens (tertiary/aromatic N) is 2. The highest BCUT2D eigenvalue weighted by Crippen LogP contribution is 2.25. The largest absolute Gasteiger partial charge is 0.497 e. The van der Waals surface area contributed by atoms with Crippen LogP contribution in [0.2, 0.25) is 0 Å². The molecule has 0 fully saturated rings. The van der Waals surface area contributed by atoms with Crippen LogP contribution in [0.3, 0.4) is 0 Å². The van der Waals surface area contributed by atoms with Crippen molar-refractivity contribution < 1.29 is 4.74 Å². The normalized spacial score (nSPS) is 14.9. The fourth-order valence-corrected chi connectivity index (χ4v) is 1.78. The number of methoxy groups -OCH3 is 1. The van der Waals surface area contributed by atoms with E-state index in [1.54, 1.807) is 7.11 Å². The van der Waals surface area contributed by atoms with Crippen molar-refractivity contribution in [3.05, 3.63) is 29.3 Å². The van der Waals surface area contributed by atoms with Gasteiger partial charge >= 0.3 is 0 Å². The van der Waals surface area contributed by atoms with Crippen LogP contribution in [0.15, 0.2) is 18.2 Å². The Bertz CT molecular complexity index is 381. The fourth-order valence-electron chi connectivity index (χ4n) is 1.78. The molecule has 1 heterocycles. The van der Waals surface area contributed by atoms with Crippen molar-refractivity contribution >= 4 is 0 Å². The molecule has 1 aliphatic rings. The van der Waals surface area contributed by atoms with Crippen molar-refractivity contribution in [2.24, 2.45) is 0 Å². The van der Waals surface area contributed by atoms with Gasteiger partial charge in [-0.3, -0.25) is 4.90 Å². The van der Waals surface area contributed by atoms with Gasteiger partial charge in [-0.15, -0.1) is 0 Å². The SMILES string of the molecule is COc1ccc2c(c1)CN(CC#N)C2. The van der Waals surface area contributed by atoms with Crippen LogP contribution in [0.5, 0.6) is 5.75 Å². The van der Waals surface area contributed by atoms with Crippen LogP contribution in [-0.2, 0) is 13.1 Å². The van der Waals surface area contributed by atoms with Crippen LogP contribution in [0, 0.1) is 11.3 Å². The minimum Gasteiger partial charge on any atom is -0.497 e. The van der Waals surface area contributed by atoms with Crippen LogP contribution >= 0.6 is 0 Å². The molecule has 3 heteroatoms.